The SMILES string of the molecule is Cc1ccc(N2CC(c3nc4ccccc4n3CC(=O)N(C)c3ccccc3)CC2=O)cc1C. The van der Waals surface area contributed by atoms with Gasteiger partial charge in [0.2, 0.25) is 11.8 Å². The van der Waals surface area contributed by atoms with Crippen LogP contribution in [0.25, 0.3) is 11.0 Å². The van der Waals surface area contributed by atoms with Crippen molar-refractivity contribution >= 4 is 34.2 Å². The summed E-state index contributed by atoms with van der Waals surface area (Å²) in [7, 11) is 1.79. The van der Waals surface area contributed by atoms with E-state index in [0.29, 0.717) is 13.0 Å². The number of carbonyl (C=O) groups is 2. The van der Waals surface area contributed by atoms with Gasteiger partial charge in [0, 0.05) is 37.3 Å². The molecule has 0 bridgehead atoms. The highest BCUT2D eigenvalue weighted by Gasteiger charge is 2.35. The first kappa shape index (κ1) is 21.9. The zero-order chi connectivity index (χ0) is 23.8. The van der Waals surface area contributed by atoms with Crippen molar-refractivity contribution in [2.45, 2.75) is 32.7 Å². The highest BCUT2D eigenvalue weighted by molar-refractivity contribution is 5.97. The molecule has 6 heteroatoms. The summed E-state index contributed by atoms with van der Waals surface area (Å²) < 4.78 is 1.99. The first-order valence-electron chi connectivity index (χ1n) is 11.6. The van der Waals surface area contributed by atoms with Crippen LogP contribution in [0.5, 0.6) is 0 Å². The number of para-hydroxylation sites is 3. The molecule has 0 aliphatic carbocycles. The summed E-state index contributed by atoms with van der Waals surface area (Å²) in [6, 6.07) is 23.6. The Morgan fingerprint density at radius 1 is 1.00 bits per heavy atom. The second-order valence-corrected chi connectivity index (χ2v) is 9.01. The third-order valence-electron chi connectivity index (χ3n) is 6.79. The van der Waals surface area contributed by atoms with Crippen LogP contribution in [0.3, 0.4) is 0 Å². The van der Waals surface area contributed by atoms with Crippen molar-refractivity contribution in [2.24, 2.45) is 0 Å². The zero-order valence-corrected chi connectivity index (χ0v) is 19.7. The fourth-order valence-electron chi connectivity index (χ4n) is 4.63. The summed E-state index contributed by atoms with van der Waals surface area (Å²) in [5, 5.41) is 0. The standard InChI is InChI=1S/C28H28N4O2/c1-19-13-14-23(15-20(19)2)31-17-21(16-26(31)33)28-29-24-11-7-8-12-25(24)32(28)18-27(34)30(3)22-9-5-4-6-10-22/h4-15,21H,16-18H2,1-3H3. The van der Waals surface area contributed by atoms with E-state index < -0.39 is 0 Å². The average Bonchev–Trinajstić information content (AvgIpc) is 3.41. The second kappa shape index (κ2) is 8.78. The molecule has 0 saturated carbocycles. The third kappa shape index (κ3) is 3.96. The van der Waals surface area contributed by atoms with Gasteiger partial charge in [0.15, 0.2) is 0 Å². The molecular formula is C28H28N4O2. The maximum Gasteiger partial charge on any atom is 0.246 e. The second-order valence-electron chi connectivity index (χ2n) is 9.01. The first-order valence-corrected chi connectivity index (χ1v) is 11.6. The van der Waals surface area contributed by atoms with Gasteiger partial charge in [-0.3, -0.25) is 9.59 Å². The molecule has 0 spiro atoms. The third-order valence-corrected chi connectivity index (χ3v) is 6.79. The molecule has 5 rings (SSSR count). The summed E-state index contributed by atoms with van der Waals surface area (Å²) in [4.78, 5) is 34.7. The molecule has 2 heterocycles. The Hall–Kier alpha value is -3.93. The van der Waals surface area contributed by atoms with Gasteiger partial charge in [-0.05, 0) is 61.4 Å². The Labute approximate surface area is 199 Å². The minimum atomic E-state index is -0.0867. The Balaban J connectivity index is 1.47. The largest absolute Gasteiger partial charge is 0.318 e. The molecule has 4 aromatic rings. The molecule has 1 unspecified atom stereocenters. The number of carbonyl (C=O) groups excluding carboxylic acids is 2. The molecule has 1 atom stereocenters. The molecule has 172 valence electrons. The van der Waals surface area contributed by atoms with Crippen LogP contribution in [-0.4, -0.2) is 35.0 Å². The van der Waals surface area contributed by atoms with Crippen LogP contribution in [-0.2, 0) is 16.1 Å². The van der Waals surface area contributed by atoms with Crippen LogP contribution in [0.1, 0.15) is 29.3 Å². The fourth-order valence-corrected chi connectivity index (χ4v) is 4.63. The van der Waals surface area contributed by atoms with E-state index in [4.69, 9.17) is 4.98 Å². The summed E-state index contributed by atoms with van der Waals surface area (Å²) in [5.41, 5.74) is 5.87. The number of aryl methyl sites for hydroxylation is 2. The van der Waals surface area contributed by atoms with E-state index in [-0.39, 0.29) is 24.3 Å². The number of fused-ring (bicyclic) bond motifs is 1. The zero-order valence-electron chi connectivity index (χ0n) is 19.7. The minimum Gasteiger partial charge on any atom is -0.318 e. The molecule has 1 aromatic heterocycles. The molecule has 2 amide bonds. The lowest BCUT2D eigenvalue weighted by Crippen LogP contribution is -2.31. The summed E-state index contributed by atoms with van der Waals surface area (Å²) >= 11 is 0. The normalized spacial score (nSPS) is 15.8. The molecule has 6 nitrogen and oxygen atoms in total. The lowest BCUT2D eigenvalue weighted by atomic mass is 10.1. The Morgan fingerprint density at radius 2 is 1.74 bits per heavy atom. The highest BCUT2D eigenvalue weighted by atomic mass is 16.2. The van der Waals surface area contributed by atoms with Crippen molar-refractivity contribution < 1.29 is 9.59 Å². The van der Waals surface area contributed by atoms with Crippen molar-refractivity contribution in [3.63, 3.8) is 0 Å². The summed E-state index contributed by atoms with van der Waals surface area (Å²) in [5.74, 6) is 0.748. The van der Waals surface area contributed by atoms with E-state index in [1.54, 1.807) is 11.9 Å². The predicted molar refractivity (Wildman–Crippen MR) is 135 cm³/mol. The van der Waals surface area contributed by atoms with Crippen molar-refractivity contribution in [2.75, 3.05) is 23.4 Å². The van der Waals surface area contributed by atoms with Gasteiger partial charge >= 0.3 is 0 Å². The molecule has 1 aliphatic heterocycles. The minimum absolute atomic E-state index is 0.0362. The maximum absolute atomic E-state index is 13.2. The molecule has 3 aromatic carbocycles. The Bertz CT molecular complexity index is 1380. The summed E-state index contributed by atoms with van der Waals surface area (Å²) in [6.45, 7) is 4.84. The van der Waals surface area contributed by atoms with Gasteiger partial charge in [-0.2, -0.15) is 0 Å². The molecule has 0 N–H and O–H groups in total. The van der Waals surface area contributed by atoms with E-state index in [0.717, 1.165) is 33.8 Å². The number of aromatic nitrogens is 2. The van der Waals surface area contributed by atoms with E-state index in [1.165, 1.54) is 5.56 Å². The highest BCUT2D eigenvalue weighted by Crippen LogP contribution is 2.34. The van der Waals surface area contributed by atoms with Crippen molar-refractivity contribution in [3.05, 3.63) is 89.7 Å². The Morgan fingerprint density at radius 3 is 2.50 bits per heavy atom. The van der Waals surface area contributed by atoms with E-state index in [1.807, 2.05) is 70.1 Å². The topological polar surface area (TPSA) is 58.4 Å². The summed E-state index contributed by atoms with van der Waals surface area (Å²) in [6.07, 6.45) is 0.374. The van der Waals surface area contributed by atoms with Gasteiger partial charge < -0.3 is 14.4 Å². The molecule has 1 saturated heterocycles. The Kier molecular flexibility index (Phi) is 5.65. The predicted octanol–water partition coefficient (Wildman–Crippen LogP) is 4.84. The van der Waals surface area contributed by atoms with Crippen LogP contribution in [0.15, 0.2) is 72.8 Å². The van der Waals surface area contributed by atoms with Gasteiger partial charge in [-0.25, -0.2) is 4.98 Å². The number of amides is 2. The number of nitrogens with zero attached hydrogens (tertiary/aromatic N) is 4. The average molecular weight is 453 g/mol. The van der Waals surface area contributed by atoms with Crippen LogP contribution >= 0.6 is 0 Å². The number of likely N-dealkylation sites (N-methyl/N-ethyl adjacent to an activating group) is 1. The van der Waals surface area contributed by atoms with Gasteiger partial charge in [0.1, 0.15) is 12.4 Å². The van der Waals surface area contributed by atoms with Crippen LogP contribution < -0.4 is 9.80 Å². The van der Waals surface area contributed by atoms with E-state index in [2.05, 4.69) is 26.0 Å². The lowest BCUT2D eigenvalue weighted by molar-refractivity contribution is -0.119. The quantitative estimate of drug-likeness (QED) is 0.436. The van der Waals surface area contributed by atoms with Crippen molar-refractivity contribution in [1.29, 1.82) is 0 Å². The van der Waals surface area contributed by atoms with Gasteiger partial charge in [0.25, 0.3) is 0 Å². The van der Waals surface area contributed by atoms with Gasteiger partial charge in [-0.15, -0.1) is 0 Å². The van der Waals surface area contributed by atoms with Crippen LogP contribution in [0, 0.1) is 13.8 Å². The maximum atomic E-state index is 13.2. The van der Waals surface area contributed by atoms with Gasteiger partial charge in [-0.1, -0.05) is 36.4 Å². The monoisotopic (exact) mass is 452 g/mol. The number of rotatable bonds is 5. The fraction of sp³-hybridized carbons (Fsp3) is 0.250. The van der Waals surface area contributed by atoms with Crippen molar-refractivity contribution in [3.8, 4) is 0 Å². The number of hydrogen-bond donors (Lipinski definition) is 0. The van der Waals surface area contributed by atoms with Crippen LogP contribution in [0.2, 0.25) is 0 Å². The lowest BCUT2D eigenvalue weighted by Gasteiger charge is -2.20. The number of anilines is 2. The smallest absolute Gasteiger partial charge is 0.246 e. The molecule has 34 heavy (non-hydrogen) atoms. The number of hydrogen-bond acceptors (Lipinski definition) is 3. The van der Waals surface area contributed by atoms with E-state index in [9.17, 15) is 9.59 Å². The van der Waals surface area contributed by atoms with Crippen molar-refractivity contribution in [1.82, 2.24) is 9.55 Å². The van der Waals surface area contributed by atoms with Crippen LogP contribution in [0.4, 0.5) is 11.4 Å². The number of imidazole rings is 1. The molecule has 1 aliphatic rings. The van der Waals surface area contributed by atoms with E-state index >= 15 is 0 Å². The first-order chi connectivity index (χ1) is 16.4. The molecule has 0 radical (unpaired) electrons. The molecular weight excluding hydrogens is 424 g/mol. The molecule has 1 fully saturated rings. The number of benzene rings is 3. The van der Waals surface area contributed by atoms with Gasteiger partial charge in [0.05, 0.1) is 11.0 Å².